The van der Waals surface area contributed by atoms with Crippen molar-refractivity contribution in [3.8, 4) is 0 Å². The van der Waals surface area contributed by atoms with Crippen molar-refractivity contribution in [2.24, 2.45) is 0 Å². The smallest absolute Gasteiger partial charge is 0.331 e. The van der Waals surface area contributed by atoms with Gasteiger partial charge in [-0.15, -0.1) is 0 Å². The van der Waals surface area contributed by atoms with Gasteiger partial charge in [-0.25, -0.2) is 4.79 Å². The van der Waals surface area contributed by atoms with Crippen molar-refractivity contribution in [2.75, 3.05) is 6.54 Å². The van der Waals surface area contributed by atoms with E-state index in [9.17, 15) is 9.59 Å². The molecule has 1 amide bonds. The van der Waals surface area contributed by atoms with Gasteiger partial charge in [-0.3, -0.25) is 4.79 Å². The molecule has 0 saturated heterocycles. The third-order valence-electron chi connectivity index (χ3n) is 1.21. The van der Waals surface area contributed by atoms with Gasteiger partial charge in [-0.05, 0) is 13.0 Å². The molecule has 0 aliphatic heterocycles. The molecule has 0 aliphatic carbocycles. The van der Waals surface area contributed by atoms with E-state index in [0.29, 0.717) is 0 Å². The molecule has 0 aromatic carbocycles. The Balaban J connectivity index is 0. The largest absolute Gasteiger partial charge is 0.478 e. The molecule has 5 heteroatoms. The summed E-state index contributed by atoms with van der Waals surface area (Å²) in [4.78, 5) is 20.8. The van der Waals surface area contributed by atoms with Crippen LogP contribution in [-0.4, -0.2) is 53.1 Å². The van der Waals surface area contributed by atoms with Gasteiger partial charge in [0.05, 0.1) is 0 Å². The summed E-state index contributed by atoms with van der Waals surface area (Å²) in [5.41, 5.74) is 0.208. The molecular formula is C8H11NNaO3. The minimum atomic E-state index is -0.983. The van der Waals surface area contributed by atoms with Crippen molar-refractivity contribution in [3.05, 3.63) is 24.3 Å². The number of carbonyl (C=O) groups excluding carboxylic acids is 1. The van der Waals surface area contributed by atoms with Crippen LogP contribution in [-0.2, 0) is 9.59 Å². The molecular weight excluding hydrogens is 181 g/mol. The van der Waals surface area contributed by atoms with Crippen molar-refractivity contribution in [1.82, 2.24) is 5.32 Å². The molecule has 0 spiro atoms. The molecule has 0 aliphatic rings. The van der Waals surface area contributed by atoms with Crippen LogP contribution in [0.5, 0.6) is 0 Å². The van der Waals surface area contributed by atoms with Gasteiger partial charge in [-0.1, -0.05) is 12.7 Å². The van der Waals surface area contributed by atoms with Gasteiger partial charge in [-0.2, -0.15) is 0 Å². The molecule has 0 rings (SSSR count). The van der Waals surface area contributed by atoms with Crippen LogP contribution in [0.4, 0.5) is 0 Å². The zero-order valence-electron chi connectivity index (χ0n) is 7.83. The molecule has 1 radical (unpaired) electrons. The summed E-state index contributed by atoms with van der Waals surface area (Å²) in [6.45, 7) is 4.92. The van der Waals surface area contributed by atoms with Crippen LogP contribution < -0.4 is 5.32 Å². The average Bonchev–Trinajstić information content (AvgIpc) is 2.03. The predicted octanol–water partition coefficient (Wildman–Crippen LogP) is -0.0613. The molecule has 0 aromatic heterocycles. The summed E-state index contributed by atoms with van der Waals surface area (Å²) in [6.07, 6.45) is 2.55. The SMILES string of the molecule is C=CC(=O)NCC=C(C)C(=O)O.[Na]. The fourth-order valence-electron chi connectivity index (χ4n) is 0.464. The van der Waals surface area contributed by atoms with Gasteiger partial charge < -0.3 is 10.4 Å². The topological polar surface area (TPSA) is 66.4 Å². The summed E-state index contributed by atoms with van der Waals surface area (Å²) in [5, 5.41) is 10.8. The third-order valence-corrected chi connectivity index (χ3v) is 1.21. The Morgan fingerprint density at radius 3 is 2.46 bits per heavy atom. The second-order valence-corrected chi connectivity index (χ2v) is 2.14. The average molecular weight is 192 g/mol. The maximum Gasteiger partial charge on any atom is 0.331 e. The summed E-state index contributed by atoms with van der Waals surface area (Å²) in [6, 6.07) is 0. The van der Waals surface area contributed by atoms with E-state index in [1.54, 1.807) is 0 Å². The van der Waals surface area contributed by atoms with Crippen LogP contribution in [0.2, 0.25) is 0 Å². The maximum absolute atomic E-state index is 10.6. The second kappa shape index (κ2) is 8.04. The molecule has 0 aromatic rings. The van der Waals surface area contributed by atoms with Crippen LogP contribution in [0.1, 0.15) is 6.92 Å². The Morgan fingerprint density at radius 2 is 2.08 bits per heavy atom. The maximum atomic E-state index is 10.6. The molecule has 0 bridgehead atoms. The molecule has 0 heterocycles. The first-order valence-electron chi connectivity index (χ1n) is 3.38. The minimum absolute atomic E-state index is 0. The fourth-order valence-corrected chi connectivity index (χ4v) is 0.464. The second-order valence-electron chi connectivity index (χ2n) is 2.14. The van der Waals surface area contributed by atoms with Crippen molar-refractivity contribution < 1.29 is 14.7 Å². The van der Waals surface area contributed by atoms with E-state index >= 15 is 0 Å². The number of carboxylic acid groups (broad SMARTS) is 1. The van der Waals surface area contributed by atoms with Gasteiger partial charge in [0.2, 0.25) is 5.91 Å². The normalized spacial score (nSPS) is 9.77. The van der Waals surface area contributed by atoms with Crippen LogP contribution >= 0.6 is 0 Å². The van der Waals surface area contributed by atoms with Crippen molar-refractivity contribution in [2.45, 2.75) is 6.92 Å². The van der Waals surface area contributed by atoms with E-state index in [1.807, 2.05) is 0 Å². The Hall–Kier alpha value is -0.580. The first kappa shape index (κ1) is 14.9. The van der Waals surface area contributed by atoms with Crippen LogP contribution in [0.3, 0.4) is 0 Å². The summed E-state index contributed by atoms with van der Waals surface area (Å²) >= 11 is 0. The quantitative estimate of drug-likeness (QED) is 0.484. The van der Waals surface area contributed by atoms with Gasteiger partial charge in [0.15, 0.2) is 0 Å². The zero-order valence-corrected chi connectivity index (χ0v) is 9.83. The molecule has 67 valence electrons. The number of amides is 1. The molecule has 2 N–H and O–H groups in total. The molecule has 0 fully saturated rings. The number of aliphatic carboxylic acids is 1. The number of nitrogens with one attached hydrogen (secondary N) is 1. The van der Waals surface area contributed by atoms with Crippen molar-refractivity contribution >= 4 is 41.4 Å². The van der Waals surface area contributed by atoms with Crippen LogP contribution in [0, 0.1) is 0 Å². The predicted molar refractivity (Wildman–Crippen MR) is 50.4 cm³/mol. The van der Waals surface area contributed by atoms with E-state index in [-0.39, 0.29) is 47.6 Å². The Labute approximate surface area is 99.0 Å². The standard InChI is InChI=1S/C8H11NO3.Na/c1-3-7(10)9-5-4-6(2)8(11)12;/h3-4H,1,5H2,2H3,(H,9,10)(H,11,12);. The van der Waals surface area contributed by atoms with Gasteiger partial charge in [0.25, 0.3) is 0 Å². The monoisotopic (exact) mass is 192 g/mol. The number of carbonyl (C=O) groups is 2. The minimum Gasteiger partial charge on any atom is -0.478 e. The Morgan fingerprint density at radius 1 is 1.54 bits per heavy atom. The molecule has 0 saturated carbocycles. The van der Waals surface area contributed by atoms with Crippen LogP contribution in [0.15, 0.2) is 24.3 Å². The Bertz CT molecular complexity index is 236. The van der Waals surface area contributed by atoms with Crippen molar-refractivity contribution in [3.63, 3.8) is 0 Å². The van der Waals surface area contributed by atoms with E-state index in [1.165, 1.54) is 13.0 Å². The van der Waals surface area contributed by atoms with Crippen molar-refractivity contribution in [1.29, 1.82) is 0 Å². The van der Waals surface area contributed by atoms with Gasteiger partial charge in [0.1, 0.15) is 0 Å². The number of rotatable bonds is 4. The zero-order chi connectivity index (χ0) is 9.56. The first-order valence-corrected chi connectivity index (χ1v) is 3.38. The molecule has 4 nitrogen and oxygen atoms in total. The Kier molecular flexibility index (Phi) is 9.22. The fraction of sp³-hybridized carbons (Fsp3) is 0.250. The van der Waals surface area contributed by atoms with E-state index in [0.717, 1.165) is 6.08 Å². The van der Waals surface area contributed by atoms with E-state index < -0.39 is 5.97 Å². The van der Waals surface area contributed by atoms with E-state index in [4.69, 9.17) is 5.11 Å². The first-order chi connectivity index (χ1) is 5.57. The molecule has 0 atom stereocenters. The summed E-state index contributed by atoms with van der Waals surface area (Å²) < 4.78 is 0. The third kappa shape index (κ3) is 7.77. The van der Waals surface area contributed by atoms with Gasteiger partial charge in [0, 0.05) is 41.7 Å². The number of hydrogen-bond donors (Lipinski definition) is 2. The number of carboxylic acids is 1. The summed E-state index contributed by atoms with van der Waals surface area (Å²) in [7, 11) is 0. The summed E-state index contributed by atoms with van der Waals surface area (Å²) in [5.74, 6) is -1.30. The molecule has 0 unspecified atom stereocenters. The van der Waals surface area contributed by atoms with Gasteiger partial charge >= 0.3 is 5.97 Å². The number of hydrogen-bond acceptors (Lipinski definition) is 2. The van der Waals surface area contributed by atoms with E-state index in [2.05, 4.69) is 11.9 Å². The van der Waals surface area contributed by atoms with Crippen LogP contribution in [0.25, 0.3) is 0 Å². The molecule has 13 heavy (non-hydrogen) atoms.